The fourth-order valence-corrected chi connectivity index (χ4v) is 2.53. The maximum absolute atomic E-state index is 12.3. The minimum absolute atomic E-state index is 0.229. The molecule has 0 aliphatic rings. The largest absolute Gasteiger partial charge is 0.351 e. The van der Waals surface area contributed by atoms with Crippen molar-refractivity contribution in [3.63, 3.8) is 0 Å². The van der Waals surface area contributed by atoms with E-state index < -0.39 is 0 Å². The SMILES string of the molecule is CN(Cc1cc(Cl)cn1C)C(=O)Nc1cnn(-c2ccccn2)c1. The van der Waals surface area contributed by atoms with Crippen molar-refractivity contribution in [3.05, 3.63) is 59.8 Å². The van der Waals surface area contributed by atoms with E-state index in [1.165, 1.54) is 0 Å². The van der Waals surface area contributed by atoms with Gasteiger partial charge in [0.15, 0.2) is 5.82 Å². The molecule has 0 saturated heterocycles. The summed E-state index contributed by atoms with van der Waals surface area (Å²) in [5.41, 5.74) is 1.55. The fraction of sp³-hybridized carbons (Fsp3) is 0.188. The van der Waals surface area contributed by atoms with E-state index in [1.807, 2.05) is 35.9 Å². The van der Waals surface area contributed by atoms with E-state index in [-0.39, 0.29) is 6.03 Å². The number of rotatable bonds is 4. The Morgan fingerprint density at radius 3 is 2.88 bits per heavy atom. The average molecular weight is 345 g/mol. The van der Waals surface area contributed by atoms with E-state index in [9.17, 15) is 4.79 Å². The van der Waals surface area contributed by atoms with Crippen LogP contribution in [0.2, 0.25) is 5.02 Å². The summed E-state index contributed by atoms with van der Waals surface area (Å²) in [6.45, 7) is 0.448. The van der Waals surface area contributed by atoms with Crippen molar-refractivity contribution in [1.29, 1.82) is 0 Å². The molecule has 1 N–H and O–H groups in total. The fourth-order valence-electron chi connectivity index (χ4n) is 2.26. The Bertz CT molecular complexity index is 841. The molecule has 0 aromatic carbocycles. The highest BCUT2D eigenvalue weighted by atomic mass is 35.5. The number of carbonyl (C=O) groups excluding carboxylic acids is 1. The molecule has 3 aromatic heterocycles. The second kappa shape index (κ2) is 6.76. The molecule has 0 aliphatic heterocycles. The topological polar surface area (TPSA) is 68.0 Å². The van der Waals surface area contributed by atoms with Crippen molar-refractivity contribution < 1.29 is 4.79 Å². The molecule has 0 fully saturated rings. The lowest BCUT2D eigenvalue weighted by Gasteiger charge is -2.17. The lowest BCUT2D eigenvalue weighted by Crippen LogP contribution is -2.31. The first-order chi connectivity index (χ1) is 11.5. The molecular formula is C16H17ClN6O. The van der Waals surface area contributed by atoms with E-state index in [2.05, 4.69) is 15.4 Å². The molecule has 0 unspecified atom stereocenters. The van der Waals surface area contributed by atoms with Crippen molar-refractivity contribution in [2.45, 2.75) is 6.54 Å². The molecule has 0 spiro atoms. The third-order valence-corrected chi connectivity index (χ3v) is 3.74. The van der Waals surface area contributed by atoms with Gasteiger partial charge in [-0.05, 0) is 18.2 Å². The number of nitrogens with one attached hydrogen (secondary N) is 1. The number of anilines is 1. The number of halogens is 1. The number of hydrogen-bond acceptors (Lipinski definition) is 3. The number of pyridine rings is 1. The van der Waals surface area contributed by atoms with E-state index in [0.29, 0.717) is 23.1 Å². The summed E-state index contributed by atoms with van der Waals surface area (Å²) in [5.74, 6) is 0.685. The quantitative estimate of drug-likeness (QED) is 0.791. The van der Waals surface area contributed by atoms with Crippen molar-refractivity contribution in [1.82, 2.24) is 24.2 Å². The highest BCUT2D eigenvalue weighted by molar-refractivity contribution is 6.30. The summed E-state index contributed by atoms with van der Waals surface area (Å²) >= 11 is 5.96. The van der Waals surface area contributed by atoms with Crippen LogP contribution < -0.4 is 5.32 Å². The van der Waals surface area contributed by atoms with Crippen LogP contribution in [-0.4, -0.2) is 37.3 Å². The minimum Gasteiger partial charge on any atom is -0.351 e. The average Bonchev–Trinajstić information content (AvgIpc) is 3.15. The van der Waals surface area contributed by atoms with Crippen LogP contribution in [0.25, 0.3) is 5.82 Å². The molecule has 24 heavy (non-hydrogen) atoms. The molecule has 2 amide bonds. The van der Waals surface area contributed by atoms with Gasteiger partial charge in [-0.2, -0.15) is 5.10 Å². The van der Waals surface area contributed by atoms with Gasteiger partial charge in [0, 0.05) is 32.2 Å². The van der Waals surface area contributed by atoms with Crippen LogP contribution >= 0.6 is 11.6 Å². The zero-order chi connectivity index (χ0) is 17.1. The molecule has 0 saturated carbocycles. The molecular weight excluding hydrogens is 328 g/mol. The number of aromatic nitrogens is 4. The molecule has 0 bridgehead atoms. The van der Waals surface area contributed by atoms with Gasteiger partial charge in [0.25, 0.3) is 0 Å². The van der Waals surface area contributed by atoms with Gasteiger partial charge in [0.1, 0.15) is 0 Å². The predicted octanol–water partition coefficient (Wildman–Crippen LogP) is 2.92. The van der Waals surface area contributed by atoms with Gasteiger partial charge in [-0.3, -0.25) is 0 Å². The molecule has 3 aromatic rings. The zero-order valence-electron chi connectivity index (χ0n) is 13.3. The van der Waals surface area contributed by atoms with Crippen molar-refractivity contribution >= 4 is 23.3 Å². The molecule has 0 radical (unpaired) electrons. The first kappa shape index (κ1) is 16.1. The predicted molar refractivity (Wildman–Crippen MR) is 92.3 cm³/mol. The summed E-state index contributed by atoms with van der Waals surface area (Å²) in [7, 11) is 3.61. The summed E-state index contributed by atoms with van der Waals surface area (Å²) in [6, 6.07) is 7.16. The Labute approximate surface area is 144 Å². The van der Waals surface area contributed by atoms with Crippen LogP contribution in [0.5, 0.6) is 0 Å². The van der Waals surface area contributed by atoms with E-state index in [4.69, 9.17) is 11.6 Å². The second-order valence-electron chi connectivity index (χ2n) is 5.41. The second-order valence-corrected chi connectivity index (χ2v) is 5.84. The van der Waals surface area contributed by atoms with Gasteiger partial charge in [0.2, 0.25) is 0 Å². The van der Waals surface area contributed by atoms with Gasteiger partial charge >= 0.3 is 6.03 Å². The summed E-state index contributed by atoms with van der Waals surface area (Å²) < 4.78 is 3.50. The van der Waals surface area contributed by atoms with Gasteiger partial charge < -0.3 is 14.8 Å². The Hall–Kier alpha value is -2.80. The Kier molecular flexibility index (Phi) is 4.52. The van der Waals surface area contributed by atoms with E-state index in [0.717, 1.165) is 5.69 Å². The summed E-state index contributed by atoms with van der Waals surface area (Å²) in [5, 5.41) is 7.66. The molecule has 3 rings (SSSR count). The monoisotopic (exact) mass is 344 g/mol. The maximum Gasteiger partial charge on any atom is 0.322 e. The van der Waals surface area contributed by atoms with Crippen molar-refractivity contribution in [2.24, 2.45) is 7.05 Å². The van der Waals surface area contributed by atoms with Gasteiger partial charge in [-0.1, -0.05) is 17.7 Å². The maximum atomic E-state index is 12.3. The van der Waals surface area contributed by atoms with Crippen LogP contribution in [0, 0.1) is 0 Å². The van der Waals surface area contributed by atoms with E-state index in [1.54, 1.807) is 41.4 Å². The van der Waals surface area contributed by atoms with Crippen molar-refractivity contribution in [2.75, 3.05) is 12.4 Å². The van der Waals surface area contributed by atoms with Crippen LogP contribution in [0.3, 0.4) is 0 Å². The summed E-state index contributed by atoms with van der Waals surface area (Å²) in [4.78, 5) is 18.1. The Morgan fingerprint density at radius 1 is 1.38 bits per heavy atom. The summed E-state index contributed by atoms with van der Waals surface area (Å²) in [6.07, 6.45) is 6.79. The number of carbonyl (C=O) groups is 1. The molecule has 0 aliphatic carbocycles. The lowest BCUT2D eigenvalue weighted by atomic mass is 10.4. The smallest absolute Gasteiger partial charge is 0.322 e. The third kappa shape index (κ3) is 3.57. The van der Waals surface area contributed by atoms with Gasteiger partial charge in [-0.25, -0.2) is 14.5 Å². The lowest BCUT2D eigenvalue weighted by molar-refractivity contribution is 0.220. The Balaban J connectivity index is 1.64. The number of amides is 2. The number of aryl methyl sites for hydroxylation is 1. The van der Waals surface area contributed by atoms with Crippen LogP contribution in [-0.2, 0) is 13.6 Å². The van der Waals surface area contributed by atoms with Crippen LogP contribution in [0.4, 0.5) is 10.5 Å². The van der Waals surface area contributed by atoms with Crippen LogP contribution in [0.1, 0.15) is 5.69 Å². The van der Waals surface area contributed by atoms with Gasteiger partial charge in [0.05, 0.1) is 29.6 Å². The molecule has 124 valence electrons. The number of hydrogen-bond donors (Lipinski definition) is 1. The highest BCUT2D eigenvalue weighted by Gasteiger charge is 2.13. The normalized spacial score (nSPS) is 10.6. The number of nitrogens with zero attached hydrogens (tertiary/aromatic N) is 5. The van der Waals surface area contributed by atoms with Gasteiger partial charge in [-0.15, -0.1) is 0 Å². The zero-order valence-corrected chi connectivity index (χ0v) is 14.1. The van der Waals surface area contributed by atoms with Crippen LogP contribution in [0.15, 0.2) is 49.1 Å². The molecule has 8 heteroatoms. The van der Waals surface area contributed by atoms with E-state index >= 15 is 0 Å². The highest BCUT2D eigenvalue weighted by Crippen LogP contribution is 2.15. The standard InChI is InChI=1S/C16H17ClN6O/c1-21-9-12(17)7-14(21)11-22(2)16(24)20-13-8-19-23(10-13)15-5-3-4-6-18-15/h3-10H,11H2,1-2H3,(H,20,24). The Morgan fingerprint density at radius 2 is 2.21 bits per heavy atom. The first-order valence-corrected chi connectivity index (χ1v) is 7.69. The molecule has 0 atom stereocenters. The third-order valence-electron chi connectivity index (χ3n) is 3.54. The molecule has 7 nitrogen and oxygen atoms in total. The number of urea groups is 1. The molecule has 3 heterocycles. The minimum atomic E-state index is -0.229. The first-order valence-electron chi connectivity index (χ1n) is 7.32. The van der Waals surface area contributed by atoms with Crippen molar-refractivity contribution in [3.8, 4) is 5.82 Å².